The first-order chi connectivity index (χ1) is 7.99. The number of ether oxygens (including phenoxy) is 1. The third-order valence-corrected chi connectivity index (χ3v) is 4.10. The van der Waals surface area contributed by atoms with Gasteiger partial charge in [0.15, 0.2) is 0 Å². The second-order valence-electron chi connectivity index (χ2n) is 5.65. The highest BCUT2D eigenvalue weighted by Crippen LogP contribution is 2.33. The van der Waals surface area contributed by atoms with E-state index in [4.69, 9.17) is 10.00 Å². The van der Waals surface area contributed by atoms with Gasteiger partial charge in [0.1, 0.15) is 5.60 Å². The molecule has 4 heteroatoms. The van der Waals surface area contributed by atoms with Crippen LogP contribution in [0.25, 0.3) is 0 Å². The van der Waals surface area contributed by atoms with Crippen molar-refractivity contribution in [3.05, 3.63) is 0 Å². The molecule has 0 aliphatic carbocycles. The van der Waals surface area contributed by atoms with Gasteiger partial charge in [-0.3, -0.25) is 4.79 Å². The Bertz CT molecular complexity index is 345. The van der Waals surface area contributed by atoms with Gasteiger partial charge in [-0.25, -0.2) is 0 Å². The van der Waals surface area contributed by atoms with Gasteiger partial charge in [-0.05, 0) is 39.5 Å². The first-order valence-electron chi connectivity index (χ1n) is 6.34. The van der Waals surface area contributed by atoms with Crippen molar-refractivity contribution in [2.24, 2.45) is 5.41 Å². The first kappa shape index (κ1) is 12.4. The molecule has 2 fully saturated rings. The Morgan fingerprint density at radius 1 is 1.29 bits per heavy atom. The van der Waals surface area contributed by atoms with E-state index in [-0.39, 0.29) is 11.3 Å². The molecule has 1 atom stereocenters. The molecule has 1 unspecified atom stereocenters. The normalized spacial score (nSPS) is 32.2. The first-order valence-corrected chi connectivity index (χ1v) is 6.34. The molecule has 0 aromatic heterocycles. The predicted octanol–water partition coefficient (Wildman–Crippen LogP) is 1.71. The Labute approximate surface area is 103 Å². The van der Waals surface area contributed by atoms with Crippen molar-refractivity contribution in [2.45, 2.75) is 45.1 Å². The third kappa shape index (κ3) is 2.30. The molecular weight excluding hydrogens is 216 g/mol. The number of hydrogen-bond donors (Lipinski definition) is 0. The van der Waals surface area contributed by atoms with E-state index in [1.165, 1.54) is 0 Å². The van der Waals surface area contributed by atoms with Crippen molar-refractivity contribution in [3.63, 3.8) is 0 Å². The number of hydrogen-bond acceptors (Lipinski definition) is 3. The molecule has 2 aliphatic rings. The van der Waals surface area contributed by atoms with Crippen LogP contribution in [0.3, 0.4) is 0 Å². The zero-order chi connectivity index (χ0) is 12.5. The summed E-state index contributed by atoms with van der Waals surface area (Å²) in [7, 11) is 0. The van der Waals surface area contributed by atoms with Crippen molar-refractivity contribution >= 4 is 5.91 Å². The summed E-state index contributed by atoms with van der Waals surface area (Å²) in [5.74, 6) is 0.106. The summed E-state index contributed by atoms with van der Waals surface area (Å²) in [5.41, 5.74) is -0.866. The number of piperidine rings is 1. The van der Waals surface area contributed by atoms with E-state index in [0.717, 1.165) is 25.7 Å². The van der Waals surface area contributed by atoms with Crippen molar-refractivity contribution < 1.29 is 9.53 Å². The Balaban J connectivity index is 1.97. The van der Waals surface area contributed by atoms with Crippen LogP contribution in [0.2, 0.25) is 0 Å². The number of carbonyl (C=O) groups excluding carboxylic acids is 1. The monoisotopic (exact) mass is 236 g/mol. The molecule has 2 rings (SSSR count). The second kappa shape index (κ2) is 4.30. The van der Waals surface area contributed by atoms with Crippen LogP contribution in [0.5, 0.6) is 0 Å². The topological polar surface area (TPSA) is 53.3 Å². The van der Waals surface area contributed by atoms with Crippen LogP contribution in [0.1, 0.15) is 39.5 Å². The second-order valence-corrected chi connectivity index (χ2v) is 5.65. The zero-order valence-corrected chi connectivity index (χ0v) is 10.7. The fraction of sp³-hybridized carbons (Fsp3) is 0.846. The molecule has 0 saturated carbocycles. The summed E-state index contributed by atoms with van der Waals surface area (Å²) < 4.78 is 5.58. The van der Waals surface area contributed by atoms with Gasteiger partial charge in [-0.2, -0.15) is 5.26 Å². The molecule has 2 aliphatic heterocycles. The molecule has 2 heterocycles. The fourth-order valence-corrected chi connectivity index (χ4v) is 2.60. The van der Waals surface area contributed by atoms with E-state index < -0.39 is 5.60 Å². The quantitative estimate of drug-likeness (QED) is 0.696. The molecule has 0 spiro atoms. The summed E-state index contributed by atoms with van der Waals surface area (Å²) in [6.07, 6.45) is 3.32. The number of nitriles is 1. The summed E-state index contributed by atoms with van der Waals surface area (Å²) in [6, 6.07) is 2.35. The lowest BCUT2D eigenvalue weighted by Crippen LogP contribution is -2.50. The molecule has 94 valence electrons. The number of nitrogens with zero attached hydrogens (tertiary/aromatic N) is 2. The molecule has 17 heavy (non-hydrogen) atoms. The lowest BCUT2D eigenvalue weighted by molar-refractivity contribution is -0.152. The lowest BCUT2D eigenvalue weighted by atomic mass is 9.81. The third-order valence-electron chi connectivity index (χ3n) is 4.10. The van der Waals surface area contributed by atoms with Gasteiger partial charge in [0.2, 0.25) is 0 Å². The van der Waals surface area contributed by atoms with E-state index in [1.807, 2.05) is 18.7 Å². The molecular formula is C13H20N2O2. The molecule has 2 saturated heterocycles. The number of carbonyl (C=O) groups is 1. The van der Waals surface area contributed by atoms with Gasteiger partial charge in [0.05, 0.1) is 11.5 Å². The van der Waals surface area contributed by atoms with Gasteiger partial charge in [-0.1, -0.05) is 0 Å². The SMILES string of the molecule is CC1(C#N)CCN(C(=O)C2(C)CCCO2)CC1. The maximum atomic E-state index is 12.3. The van der Waals surface area contributed by atoms with E-state index in [9.17, 15) is 4.79 Å². The van der Waals surface area contributed by atoms with E-state index >= 15 is 0 Å². The summed E-state index contributed by atoms with van der Waals surface area (Å²) >= 11 is 0. The Morgan fingerprint density at radius 3 is 2.41 bits per heavy atom. The van der Waals surface area contributed by atoms with Crippen LogP contribution in [-0.4, -0.2) is 36.1 Å². The number of amides is 1. The van der Waals surface area contributed by atoms with Crippen LogP contribution in [-0.2, 0) is 9.53 Å². The van der Waals surface area contributed by atoms with Gasteiger partial charge in [0.25, 0.3) is 5.91 Å². The van der Waals surface area contributed by atoms with Crippen molar-refractivity contribution in [1.29, 1.82) is 5.26 Å². The molecule has 0 radical (unpaired) electrons. The molecule has 1 amide bonds. The fourth-order valence-electron chi connectivity index (χ4n) is 2.60. The van der Waals surface area contributed by atoms with Crippen LogP contribution < -0.4 is 0 Å². The minimum absolute atomic E-state index is 0.106. The van der Waals surface area contributed by atoms with Crippen molar-refractivity contribution in [2.75, 3.05) is 19.7 Å². The van der Waals surface area contributed by atoms with Gasteiger partial charge >= 0.3 is 0 Å². The van der Waals surface area contributed by atoms with Crippen molar-refractivity contribution in [3.8, 4) is 6.07 Å². The molecule has 0 aromatic rings. The summed E-state index contributed by atoms with van der Waals surface area (Å²) in [5, 5.41) is 9.06. The average molecular weight is 236 g/mol. The van der Waals surface area contributed by atoms with Crippen LogP contribution in [0.4, 0.5) is 0 Å². The minimum Gasteiger partial charge on any atom is -0.365 e. The average Bonchev–Trinajstić information content (AvgIpc) is 2.78. The Hall–Kier alpha value is -1.08. The summed E-state index contributed by atoms with van der Waals surface area (Å²) in [6.45, 7) is 5.92. The van der Waals surface area contributed by atoms with E-state index in [1.54, 1.807) is 0 Å². The van der Waals surface area contributed by atoms with Gasteiger partial charge in [0, 0.05) is 19.7 Å². The highest BCUT2D eigenvalue weighted by atomic mass is 16.5. The zero-order valence-electron chi connectivity index (χ0n) is 10.7. The number of likely N-dealkylation sites (tertiary alicyclic amines) is 1. The highest BCUT2D eigenvalue weighted by Gasteiger charge is 2.42. The summed E-state index contributed by atoms with van der Waals surface area (Å²) in [4.78, 5) is 14.2. The maximum absolute atomic E-state index is 12.3. The molecule has 0 bridgehead atoms. The standard InChI is InChI=1S/C13H20N2O2/c1-12(10-14)5-7-15(8-6-12)11(16)13(2)4-3-9-17-13/h3-9H2,1-2H3. The van der Waals surface area contributed by atoms with Gasteiger partial charge in [-0.15, -0.1) is 0 Å². The van der Waals surface area contributed by atoms with Crippen LogP contribution >= 0.6 is 0 Å². The van der Waals surface area contributed by atoms with E-state index in [2.05, 4.69) is 6.07 Å². The Kier molecular flexibility index (Phi) is 3.13. The van der Waals surface area contributed by atoms with Crippen LogP contribution in [0.15, 0.2) is 0 Å². The lowest BCUT2D eigenvalue weighted by Gasteiger charge is -2.38. The Morgan fingerprint density at radius 2 is 1.94 bits per heavy atom. The van der Waals surface area contributed by atoms with Crippen molar-refractivity contribution in [1.82, 2.24) is 4.90 Å². The molecule has 4 nitrogen and oxygen atoms in total. The van der Waals surface area contributed by atoms with Crippen LogP contribution in [0, 0.1) is 16.7 Å². The number of rotatable bonds is 1. The van der Waals surface area contributed by atoms with E-state index in [0.29, 0.717) is 19.7 Å². The van der Waals surface area contributed by atoms with Gasteiger partial charge < -0.3 is 9.64 Å². The smallest absolute Gasteiger partial charge is 0.254 e. The predicted molar refractivity (Wildman–Crippen MR) is 63.1 cm³/mol. The molecule has 0 N–H and O–H groups in total. The minimum atomic E-state index is -0.611. The maximum Gasteiger partial charge on any atom is 0.254 e. The highest BCUT2D eigenvalue weighted by molar-refractivity contribution is 5.85. The molecule has 0 aromatic carbocycles. The largest absolute Gasteiger partial charge is 0.365 e.